The van der Waals surface area contributed by atoms with Crippen molar-refractivity contribution in [2.24, 2.45) is 0 Å². The third-order valence-corrected chi connectivity index (χ3v) is 6.07. The van der Waals surface area contributed by atoms with Crippen LogP contribution < -0.4 is 19.6 Å². The van der Waals surface area contributed by atoms with Crippen LogP contribution >= 0.6 is 22.6 Å². The number of halogens is 1. The summed E-state index contributed by atoms with van der Waals surface area (Å²) in [5.41, 5.74) is -0.332. The lowest BCUT2D eigenvalue weighted by molar-refractivity contribution is -0.384. The number of carbonyl (C=O) groups excluding carboxylic acids is 3. The van der Waals surface area contributed by atoms with Crippen molar-refractivity contribution in [2.75, 3.05) is 7.11 Å². The van der Waals surface area contributed by atoms with E-state index in [2.05, 4.69) is 0 Å². The summed E-state index contributed by atoms with van der Waals surface area (Å²) >= 11 is 1.77. The van der Waals surface area contributed by atoms with Crippen LogP contribution in [0.15, 0.2) is 46.9 Å². The van der Waals surface area contributed by atoms with Gasteiger partial charge in [-0.1, -0.05) is 0 Å². The van der Waals surface area contributed by atoms with Gasteiger partial charge in [0.15, 0.2) is 11.5 Å². The number of carbonyl (C=O) groups is 3. The molecule has 0 aromatic heterocycles. The number of rotatable bonds is 6. The summed E-state index contributed by atoms with van der Waals surface area (Å²) in [6, 6.07) is 5.93. The van der Waals surface area contributed by atoms with Crippen LogP contribution in [0.5, 0.6) is 11.5 Å². The molecule has 0 unspecified atom stereocenters. The molecule has 3 rings (SSSR count). The van der Waals surface area contributed by atoms with Crippen LogP contribution in [0.2, 0.25) is 0 Å². The van der Waals surface area contributed by atoms with E-state index in [1.165, 1.54) is 25.3 Å². The van der Waals surface area contributed by atoms with E-state index in [9.17, 15) is 32.9 Å². The van der Waals surface area contributed by atoms with Crippen molar-refractivity contribution in [3.63, 3.8) is 0 Å². The number of barbiturate groups is 1. The van der Waals surface area contributed by atoms with Crippen LogP contribution in [0.3, 0.4) is 0 Å². The molecule has 0 spiro atoms. The Kier molecular flexibility index (Phi) is 6.45. The number of ether oxygens (including phenoxy) is 1. The van der Waals surface area contributed by atoms with Crippen molar-refractivity contribution in [2.45, 2.75) is 4.90 Å². The van der Waals surface area contributed by atoms with Gasteiger partial charge in [0.2, 0.25) is 0 Å². The number of imide groups is 2. The molecule has 1 heterocycles. The summed E-state index contributed by atoms with van der Waals surface area (Å²) in [5, 5.41) is 14.6. The number of amides is 4. The zero-order valence-electron chi connectivity index (χ0n) is 15.9. The first-order valence-corrected chi connectivity index (χ1v) is 11.0. The first-order valence-electron chi connectivity index (χ1n) is 8.46. The lowest BCUT2D eigenvalue weighted by atomic mass is 10.1. The molecule has 4 amide bonds. The molecule has 2 aromatic rings. The highest BCUT2D eigenvalue weighted by atomic mass is 127. The van der Waals surface area contributed by atoms with Crippen LogP contribution in [0, 0.1) is 13.7 Å². The van der Waals surface area contributed by atoms with E-state index in [4.69, 9.17) is 8.92 Å². The maximum absolute atomic E-state index is 12.6. The monoisotopic (exact) mass is 573 g/mol. The second-order valence-electron chi connectivity index (χ2n) is 6.12. The third kappa shape index (κ3) is 4.86. The minimum atomic E-state index is -4.36. The first kappa shape index (κ1) is 23.1. The summed E-state index contributed by atoms with van der Waals surface area (Å²) in [4.78, 5) is 44.7. The van der Waals surface area contributed by atoms with Gasteiger partial charge in [-0.05, 0) is 58.5 Å². The van der Waals surface area contributed by atoms with Crippen molar-refractivity contribution >= 4 is 62.3 Å². The zero-order chi connectivity index (χ0) is 23.6. The number of nitro groups is 1. The Morgan fingerprint density at radius 2 is 1.66 bits per heavy atom. The normalized spacial score (nSPS) is 13.8. The quantitative estimate of drug-likeness (QED) is 0.130. The van der Waals surface area contributed by atoms with Crippen LogP contribution in [0.1, 0.15) is 5.56 Å². The lowest BCUT2D eigenvalue weighted by Gasteiger charge is -2.15. The van der Waals surface area contributed by atoms with Gasteiger partial charge in [0.25, 0.3) is 17.5 Å². The largest absolute Gasteiger partial charge is 0.493 e. The summed E-state index contributed by atoms with van der Waals surface area (Å²) in [5.74, 6) is -1.98. The van der Waals surface area contributed by atoms with Gasteiger partial charge in [-0.25, -0.2) is 4.79 Å². The van der Waals surface area contributed by atoms with Gasteiger partial charge in [-0.2, -0.15) is 8.42 Å². The van der Waals surface area contributed by atoms with Gasteiger partial charge < -0.3 is 8.92 Å². The molecule has 1 aliphatic rings. The van der Waals surface area contributed by atoms with Crippen molar-refractivity contribution in [1.29, 1.82) is 0 Å². The molecule has 0 bridgehead atoms. The number of methoxy groups -OCH3 is 1. The van der Waals surface area contributed by atoms with Gasteiger partial charge in [0.1, 0.15) is 10.5 Å². The SMILES string of the molecule is COc1cc(C=C2C(=O)NC(=O)NC2=O)cc(I)c1OS(=O)(=O)c1ccc([N+](=O)[O-])cc1. The maximum atomic E-state index is 12.6. The van der Waals surface area contributed by atoms with E-state index in [1.54, 1.807) is 22.6 Å². The number of benzene rings is 2. The average Bonchev–Trinajstić information content (AvgIpc) is 2.72. The molecule has 2 N–H and O–H groups in total. The second-order valence-corrected chi connectivity index (χ2v) is 8.83. The van der Waals surface area contributed by atoms with Gasteiger partial charge in [-0.15, -0.1) is 0 Å². The van der Waals surface area contributed by atoms with Crippen LogP contribution in [-0.2, 0) is 19.7 Å². The fourth-order valence-electron chi connectivity index (χ4n) is 2.57. The molecule has 14 heteroatoms. The Hall–Kier alpha value is -3.53. The number of non-ortho nitro benzene ring substituents is 1. The molecule has 0 radical (unpaired) electrons. The molecule has 0 aliphatic carbocycles. The fourth-order valence-corrected chi connectivity index (χ4v) is 4.41. The summed E-state index contributed by atoms with van der Waals surface area (Å²) in [6.07, 6.45) is 1.19. The second kappa shape index (κ2) is 8.91. The minimum absolute atomic E-state index is 0.0260. The summed E-state index contributed by atoms with van der Waals surface area (Å²) < 4.78 is 35.9. The highest BCUT2D eigenvalue weighted by Gasteiger charge is 2.28. The molecule has 0 saturated carbocycles. The Bertz CT molecular complexity index is 1270. The Morgan fingerprint density at radius 3 is 2.19 bits per heavy atom. The van der Waals surface area contributed by atoms with E-state index in [-0.39, 0.29) is 31.2 Å². The smallest absolute Gasteiger partial charge is 0.339 e. The van der Waals surface area contributed by atoms with Crippen molar-refractivity contribution < 1.29 is 36.6 Å². The van der Waals surface area contributed by atoms with E-state index in [0.717, 1.165) is 24.3 Å². The van der Waals surface area contributed by atoms with Gasteiger partial charge >= 0.3 is 16.1 Å². The van der Waals surface area contributed by atoms with Gasteiger partial charge in [0, 0.05) is 12.1 Å². The number of hydrogen-bond acceptors (Lipinski definition) is 9. The van der Waals surface area contributed by atoms with Crippen LogP contribution in [0.4, 0.5) is 10.5 Å². The van der Waals surface area contributed by atoms with Crippen molar-refractivity contribution in [1.82, 2.24) is 10.6 Å². The number of nitrogens with zero attached hydrogens (tertiary/aromatic N) is 1. The third-order valence-electron chi connectivity index (χ3n) is 4.04. The molecule has 0 atom stereocenters. The van der Waals surface area contributed by atoms with Gasteiger partial charge in [0.05, 0.1) is 15.6 Å². The van der Waals surface area contributed by atoms with Crippen molar-refractivity contribution in [3.8, 4) is 11.5 Å². The molecular weight excluding hydrogens is 561 g/mol. The molecule has 32 heavy (non-hydrogen) atoms. The standard InChI is InChI=1S/C18H12IN3O9S/c1-30-14-8-9(6-12-16(23)20-18(25)21-17(12)24)7-13(19)15(14)31-32(28,29)11-4-2-10(3-5-11)22(26)27/h2-8H,1H3,(H2,20,21,23,24,25). The molecule has 1 aliphatic heterocycles. The molecule has 1 saturated heterocycles. The maximum Gasteiger partial charge on any atom is 0.339 e. The Morgan fingerprint density at radius 1 is 1.06 bits per heavy atom. The predicted octanol–water partition coefficient (Wildman–Crippen LogP) is 1.73. The number of nitro benzene ring substituents is 1. The molecule has 2 aromatic carbocycles. The van der Waals surface area contributed by atoms with Crippen LogP contribution in [0.25, 0.3) is 6.08 Å². The topological polar surface area (TPSA) is 171 Å². The molecule has 166 valence electrons. The van der Waals surface area contributed by atoms with Crippen LogP contribution in [-0.4, -0.2) is 38.3 Å². The summed E-state index contributed by atoms with van der Waals surface area (Å²) in [7, 11) is -3.11. The van der Waals surface area contributed by atoms with Gasteiger partial charge in [-0.3, -0.25) is 30.3 Å². The fraction of sp³-hybridized carbons (Fsp3) is 0.0556. The van der Waals surface area contributed by atoms with E-state index >= 15 is 0 Å². The van der Waals surface area contributed by atoms with E-state index in [0.29, 0.717) is 5.56 Å². The molecule has 12 nitrogen and oxygen atoms in total. The number of urea groups is 1. The number of hydrogen-bond donors (Lipinski definition) is 2. The Labute approximate surface area is 194 Å². The number of nitrogens with one attached hydrogen (secondary N) is 2. The van der Waals surface area contributed by atoms with E-state index in [1.807, 2.05) is 10.6 Å². The highest BCUT2D eigenvalue weighted by molar-refractivity contribution is 14.1. The van der Waals surface area contributed by atoms with Crippen molar-refractivity contribution in [3.05, 3.63) is 61.2 Å². The predicted molar refractivity (Wildman–Crippen MR) is 116 cm³/mol. The zero-order valence-corrected chi connectivity index (χ0v) is 18.9. The lowest BCUT2D eigenvalue weighted by Crippen LogP contribution is -2.51. The van der Waals surface area contributed by atoms with E-state index < -0.39 is 32.9 Å². The molecule has 1 fully saturated rings. The average molecular weight is 573 g/mol. The minimum Gasteiger partial charge on any atom is -0.493 e. The molecular formula is C18H12IN3O9S. The summed E-state index contributed by atoms with van der Waals surface area (Å²) in [6.45, 7) is 0. The highest BCUT2D eigenvalue weighted by Crippen LogP contribution is 2.36. The Balaban J connectivity index is 1.96. The first-order chi connectivity index (χ1) is 15.0.